The van der Waals surface area contributed by atoms with Crippen molar-refractivity contribution in [3.8, 4) is 0 Å². The SMILES string of the molecule is NC(N)=NC(=O)Nc1ccc(Cl)c([N+](=O)[O-])c1. The van der Waals surface area contributed by atoms with Gasteiger partial charge in [-0.05, 0) is 12.1 Å². The third kappa shape index (κ3) is 3.61. The Morgan fingerprint density at radius 1 is 1.47 bits per heavy atom. The summed E-state index contributed by atoms with van der Waals surface area (Å²) in [4.78, 5) is 24.2. The molecule has 9 heteroatoms. The van der Waals surface area contributed by atoms with Gasteiger partial charge >= 0.3 is 6.03 Å². The highest BCUT2D eigenvalue weighted by Gasteiger charge is 2.13. The number of nitro benzene ring substituents is 1. The van der Waals surface area contributed by atoms with Gasteiger partial charge in [-0.15, -0.1) is 0 Å². The minimum Gasteiger partial charge on any atom is -0.370 e. The molecular weight excluding hydrogens is 250 g/mol. The second kappa shape index (κ2) is 5.12. The van der Waals surface area contributed by atoms with Crippen LogP contribution in [-0.2, 0) is 0 Å². The van der Waals surface area contributed by atoms with E-state index in [1.54, 1.807) is 0 Å². The van der Waals surface area contributed by atoms with Crippen LogP contribution in [0.1, 0.15) is 0 Å². The average molecular weight is 258 g/mol. The van der Waals surface area contributed by atoms with Crippen molar-refractivity contribution in [3.05, 3.63) is 33.3 Å². The Morgan fingerprint density at radius 3 is 2.65 bits per heavy atom. The van der Waals surface area contributed by atoms with Gasteiger partial charge in [0.15, 0.2) is 5.96 Å². The van der Waals surface area contributed by atoms with Crippen LogP contribution >= 0.6 is 11.6 Å². The lowest BCUT2D eigenvalue weighted by atomic mass is 10.3. The standard InChI is InChI=1S/C8H8ClN5O3/c9-5-2-1-4(3-6(5)14(16)17)12-8(15)13-7(10)11/h1-3H,(H5,10,11,12,13,15). The number of anilines is 1. The van der Waals surface area contributed by atoms with Crippen LogP contribution in [0.15, 0.2) is 23.2 Å². The number of hydrogen-bond acceptors (Lipinski definition) is 3. The first kappa shape index (κ1) is 12.7. The van der Waals surface area contributed by atoms with Crippen LogP contribution in [0.2, 0.25) is 5.02 Å². The summed E-state index contributed by atoms with van der Waals surface area (Å²) in [5, 5.41) is 12.8. The van der Waals surface area contributed by atoms with Crippen molar-refractivity contribution in [1.82, 2.24) is 0 Å². The monoisotopic (exact) mass is 257 g/mol. The molecule has 5 N–H and O–H groups in total. The number of hydrogen-bond donors (Lipinski definition) is 3. The van der Waals surface area contributed by atoms with Crippen LogP contribution in [0.4, 0.5) is 16.2 Å². The number of nitrogens with two attached hydrogens (primary N) is 2. The van der Waals surface area contributed by atoms with Crippen LogP contribution in [0, 0.1) is 10.1 Å². The number of guanidine groups is 1. The maximum absolute atomic E-state index is 11.1. The Bertz CT molecular complexity index is 498. The van der Waals surface area contributed by atoms with E-state index in [0.29, 0.717) is 0 Å². The van der Waals surface area contributed by atoms with Crippen molar-refractivity contribution in [2.24, 2.45) is 16.5 Å². The molecule has 0 saturated heterocycles. The van der Waals surface area contributed by atoms with E-state index in [4.69, 9.17) is 23.1 Å². The highest BCUT2D eigenvalue weighted by Crippen LogP contribution is 2.27. The minimum absolute atomic E-state index is 0.0326. The molecule has 0 atom stereocenters. The van der Waals surface area contributed by atoms with E-state index < -0.39 is 16.9 Å². The van der Waals surface area contributed by atoms with Crippen molar-refractivity contribution in [2.45, 2.75) is 0 Å². The van der Waals surface area contributed by atoms with E-state index >= 15 is 0 Å². The number of rotatable bonds is 2. The van der Waals surface area contributed by atoms with Gasteiger partial charge in [-0.2, -0.15) is 4.99 Å². The Labute approximate surface area is 100 Å². The predicted molar refractivity (Wildman–Crippen MR) is 62.9 cm³/mol. The Kier molecular flexibility index (Phi) is 3.83. The number of halogens is 1. The molecule has 1 aromatic rings. The molecule has 0 aliphatic carbocycles. The van der Waals surface area contributed by atoms with E-state index in [9.17, 15) is 14.9 Å². The fourth-order valence-corrected chi connectivity index (χ4v) is 1.19. The Morgan fingerprint density at radius 2 is 2.12 bits per heavy atom. The van der Waals surface area contributed by atoms with Crippen LogP contribution in [0.5, 0.6) is 0 Å². The first-order valence-electron chi connectivity index (χ1n) is 4.24. The molecule has 17 heavy (non-hydrogen) atoms. The van der Waals surface area contributed by atoms with Crippen molar-refractivity contribution < 1.29 is 9.72 Å². The zero-order chi connectivity index (χ0) is 13.0. The quantitative estimate of drug-likeness (QED) is 0.315. The number of benzene rings is 1. The lowest BCUT2D eigenvalue weighted by Crippen LogP contribution is -2.25. The molecule has 0 spiro atoms. The zero-order valence-corrected chi connectivity index (χ0v) is 9.14. The van der Waals surface area contributed by atoms with E-state index in [1.807, 2.05) is 0 Å². The first-order valence-corrected chi connectivity index (χ1v) is 4.62. The van der Waals surface area contributed by atoms with E-state index in [1.165, 1.54) is 12.1 Å². The van der Waals surface area contributed by atoms with Gasteiger partial charge in [0, 0.05) is 11.8 Å². The molecular formula is C8H8ClN5O3. The van der Waals surface area contributed by atoms with Gasteiger partial charge in [-0.25, -0.2) is 4.79 Å². The lowest BCUT2D eigenvalue weighted by Gasteiger charge is -2.02. The van der Waals surface area contributed by atoms with Gasteiger partial charge in [0.25, 0.3) is 5.69 Å². The maximum atomic E-state index is 11.1. The number of nitrogens with one attached hydrogen (secondary N) is 1. The number of amides is 2. The number of urea groups is 1. The molecule has 90 valence electrons. The largest absolute Gasteiger partial charge is 0.370 e. The van der Waals surface area contributed by atoms with Crippen LogP contribution in [-0.4, -0.2) is 16.9 Å². The summed E-state index contributed by atoms with van der Waals surface area (Å²) in [7, 11) is 0. The number of carbonyl (C=O) groups excluding carboxylic acids is 1. The highest BCUT2D eigenvalue weighted by molar-refractivity contribution is 6.32. The summed E-state index contributed by atoms with van der Waals surface area (Å²) in [5.41, 5.74) is 9.81. The van der Waals surface area contributed by atoms with Gasteiger partial charge in [0.1, 0.15) is 5.02 Å². The number of nitro groups is 1. The molecule has 0 aliphatic rings. The van der Waals surface area contributed by atoms with E-state index in [-0.39, 0.29) is 16.4 Å². The number of nitrogens with zero attached hydrogens (tertiary/aromatic N) is 2. The summed E-state index contributed by atoms with van der Waals surface area (Å²) in [5.74, 6) is -0.411. The molecule has 0 heterocycles. The number of aliphatic imine (C=N–C) groups is 1. The van der Waals surface area contributed by atoms with E-state index in [2.05, 4.69) is 10.3 Å². The van der Waals surface area contributed by atoms with Crippen LogP contribution < -0.4 is 16.8 Å². The van der Waals surface area contributed by atoms with Gasteiger partial charge < -0.3 is 16.8 Å². The van der Waals surface area contributed by atoms with Crippen molar-refractivity contribution in [3.63, 3.8) is 0 Å². The van der Waals surface area contributed by atoms with Crippen LogP contribution in [0.25, 0.3) is 0 Å². The predicted octanol–water partition coefficient (Wildman–Crippen LogP) is 1.05. The third-order valence-electron chi connectivity index (χ3n) is 1.62. The molecule has 2 amide bonds. The summed E-state index contributed by atoms with van der Waals surface area (Å²) >= 11 is 5.59. The van der Waals surface area contributed by atoms with Gasteiger partial charge in [0.05, 0.1) is 4.92 Å². The Hall–Kier alpha value is -2.35. The molecule has 0 bridgehead atoms. The fourth-order valence-electron chi connectivity index (χ4n) is 0.999. The average Bonchev–Trinajstić information content (AvgIpc) is 2.19. The topological polar surface area (TPSA) is 137 Å². The summed E-state index contributed by atoms with van der Waals surface area (Å²) < 4.78 is 0. The summed E-state index contributed by atoms with van der Waals surface area (Å²) in [6, 6.07) is 2.93. The third-order valence-corrected chi connectivity index (χ3v) is 1.94. The lowest BCUT2D eigenvalue weighted by molar-refractivity contribution is -0.384. The van der Waals surface area contributed by atoms with Gasteiger partial charge in [-0.1, -0.05) is 11.6 Å². The normalized spacial score (nSPS) is 9.47. The van der Waals surface area contributed by atoms with Crippen molar-refractivity contribution in [2.75, 3.05) is 5.32 Å². The minimum atomic E-state index is -0.832. The van der Waals surface area contributed by atoms with Crippen molar-refractivity contribution >= 4 is 35.0 Å². The van der Waals surface area contributed by atoms with E-state index in [0.717, 1.165) is 6.07 Å². The second-order valence-corrected chi connectivity index (χ2v) is 3.30. The van der Waals surface area contributed by atoms with Gasteiger partial charge in [-0.3, -0.25) is 10.1 Å². The molecule has 0 fully saturated rings. The molecule has 0 saturated carbocycles. The summed E-state index contributed by atoms with van der Waals surface area (Å²) in [6.07, 6.45) is 0. The smallest absolute Gasteiger partial charge is 0.348 e. The molecule has 0 aromatic heterocycles. The molecule has 0 unspecified atom stereocenters. The zero-order valence-electron chi connectivity index (χ0n) is 8.38. The molecule has 0 aliphatic heterocycles. The van der Waals surface area contributed by atoms with Gasteiger partial charge in [0.2, 0.25) is 0 Å². The molecule has 0 radical (unpaired) electrons. The molecule has 1 aromatic carbocycles. The number of carbonyl (C=O) groups is 1. The van der Waals surface area contributed by atoms with Crippen LogP contribution in [0.3, 0.4) is 0 Å². The maximum Gasteiger partial charge on any atom is 0.348 e. The second-order valence-electron chi connectivity index (χ2n) is 2.89. The molecule has 1 rings (SSSR count). The molecule has 8 nitrogen and oxygen atoms in total. The Balaban J connectivity index is 2.94. The fraction of sp³-hybridized carbons (Fsp3) is 0. The first-order chi connectivity index (χ1) is 7.90. The highest BCUT2D eigenvalue weighted by atomic mass is 35.5. The van der Waals surface area contributed by atoms with Crippen molar-refractivity contribution in [1.29, 1.82) is 0 Å². The summed E-state index contributed by atoms with van der Waals surface area (Å²) in [6.45, 7) is 0.